The van der Waals surface area contributed by atoms with Gasteiger partial charge in [0.2, 0.25) is 0 Å². The molecule has 5 heteroatoms. The maximum absolute atomic E-state index is 11.8. The van der Waals surface area contributed by atoms with Crippen LogP contribution in [0.4, 0.5) is 5.69 Å². The van der Waals surface area contributed by atoms with Crippen LogP contribution in [0.3, 0.4) is 0 Å². The number of amides is 1. The molecule has 2 rings (SSSR count). The molecular formula is C16H16Cl2N2O. The van der Waals surface area contributed by atoms with E-state index in [9.17, 15) is 4.79 Å². The average Bonchev–Trinajstić information content (AvgIpc) is 2.46. The van der Waals surface area contributed by atoms with Crippen LogP contribution in [0.15, 0.2) is 42.5 Å². The van der Waals surface area contributed by atoms with E-state index in [0.29, 0.717) is 22.2 Å². The van der Waals surface area contributed by atoms with Crippen LogP contribution in [0, 0.1) is 0 Å². The van der Waals surface area contributed by atoms with Crippen molar-refractivity contribution in [3.05, 3.63) is 63.6 Å². The molecular weight excluding hydrogens is 307 g/mol. The minimum absolute atomic E-state index is 0.0179. The fraction of sp³-hybridized carbons (Fsp3) is 0.188. The number of nitrogens with zero attached hydrogens (tertiary/aromatic N) is 1. The number of rotatable bonds is 4. The summed E-state index contributed by atoms with van der Waals surface area (Å²) in [5, 5.41) is 4.51. The molecule has 110 valence electrons. The Morgan fingerprint density at radius 2 is 1.62 bits per heavy atom. The van der Waals surface area contributed by atoms with Gasteiger partial charge in [0.1, 0.15) is 0 Å². The first-order chi connectivity index (χ1) is 9.99. The summed E-state index contributed by atoms with van der Waals surface area (Å²) in [6.07, 6.45) is 0. The zero-order valence-corrected chi connectivity index (χ0v) is 13.4. The van der Waals surface area contributed by atoms with E-state index in [1.54, 1.807) is 31.1 Å². The lowest BCUT2D eigenvalue weighted by molar-refractivity contribution is 0.0827. The lowest BCUT2D eigenvalue weighted by atomic mass is 10.1. The summed E-state index contributed by atoms with van der Waals surface area (Å²) in [5.41, 5.74) is 2.41. The van der Waals surface area contributed by atoms with E-state index in [4.69, 9.17) is 23.2 Å². The second-order valence-electron chi connectivity index (χ2n) is 4.83. The standard InChI is InChI=1S/C16H16Cl2N2O/c1-20(2)16(21)11-6-8-12(9-7-11)19-10-13-14(17)4-3-5-15(13)18/h3-9,19H,10H2,1-2H3. The van der Waals surface area contributed by atoms with E-state index >= 15 is 0 Å². The molecule has 0 heterocycles. The molecule has 21 heavy (non-hydrogen) atoms. The summed E-state index contributed by atoms with van der Waals surface area (Å²) < 4.78 is 0. The summed E-state index contributed by atoms with van der Waals surface area (Å²) in [6.45, 7) is 0.527. The quantitative estimate of drug-likeness (QED) is 0.909. The van der Waals surface area contributed by atoms with Crippen LogP contribution < -0.4 is 5.32 Å². The predicted molar refractivity (Wildman–Crippen MR) is 88.2 cm³/mol. The molecule has 3 nitrogen and oxygen atoms in total. The number of carbonyl (C=O) groups is 1. The molecule has 0 saturated carbocycles. The Morgan fingerprint density at radius 1 is 1.05 bits per heavy atom. The van der Waals surface area contributed by atoms with Gasteiger partial charge in [-0.1, -0.05) is 29.3 Å². The van der Waals surface area contributed by atoms with E-state index in [1.807, 2.05) is 30.3 Å². The fourth-order valence-electron chi connectivity index (χ4n) is 1.88. The van der Waals surface area contributed by atoms with Crippen molar-refractivity contribution in [1.29, 1.82) is 0 Å². The number of halogens is 2. The van der Waals surface area contributed by atoms with Gasteiger partial charge in [0.15, 0.2) is 0 Å². The Morgan fingerprint density at radius 3 is 2.14 bits per heavy atom. The van der Waals surface area contributed by atoms with Gasteiger partial charge >= 0.3 is 0 Å². The van der Waals surface area contributed by atoms with Crippen molar-refractivity contribution in [2.75, 3.05) is 19.4 Å². The summed E-state index contributed by atoms with van der Waals surface area (Å²) in [4.78, 5) is 13.3. The summed E-state index contributed by atoms with van der Waals surface area (Å²) >= 11 is 12.2. The molecule has 0 aliphatic heterocycles. The normalized spacial score (nSPS) is 10.3. The van der Waals surface area contributed by atoms with Crippen LogP contribution in [0.1, 0.15) is 15.9 Å². The first kappa shape index (κ1) is 15.7. The van der Waals surface area contributed by atoms with Gasteiger partial charge in [-0.3, -0.25) is 4.79 Å². The molecule has 0 saturated heterocycles. The first-order valence-electron chi connectivity index (χ1n) is 6.47. The van der Waals surface area contributed by atoms with Crippen LogP contribution in [0.25, 0.3) is 0 Å². The number of hydrogen-bond donors (Lipinski definition) is 1. The molecule has 0 unspecified atom stereocenters. The highest BCUT2D eigenvalue weighted by Gasteiger charge is 2.08. The second-order valence-corrected chi connectivity index (χ2v) is 5.65. The van der Waals surface area contributed by atoms with E-state index in [2.05, 4.69) is 5.32 Å². The zero-order chi connectivity index (χ0) is 15.4. The second kappa shape index (κ2) is 6.83. The Balaban J connectivity index is 2.06. The molecule has 0 radical (unpaired) electrons. The smallest absolute Gasteiger partial charge is 0.253 e. The third-order valence-electron chi connectivity index (χ3n) is 3.07. The number of anilines is 1. The van der Waals surface area contributed by atoms with E-state index < -0.39 is 0 Å². The molecule has 0 atom stereocenters. The largest absolute Gasteiger partial charge is 0.381 e. The van der Waals surface area contributed by atoms with Gasteiger partial charge in [-0.15, -0.1) is 0 Å². The van der Waals surface area contributed by atoms with Crippen molar-refractivity contribution in [3.8, 4) is 0 Å². The Labute approximate surface area is 134 Å². The van der Waals surface area contributed by atoms with Gasteiger partial charge in [-0.2, -0.15) is 0 Å². The molecule has 0 spiro atoms. The van der Waals surface area contributed by atoms with Crippen molar-refractivity contribution in [3.63, 3.8) is 0 Å². The number of nitrogens with one attached hydrogen (secondary N) is 1. The maximum Gasteiger partial charge on any atom is 0.253 e. The van der Waals surface area contributed by atoms with Gasteiger partial charge in [-0.05, 0) is 36.4 Å². The minimum atomic E-state index is -0.0179. The lowest BCUT2D eigenvalue weighted by Gasteiger charge is -2.12. The topological polar surface area (TPSA) is 32.3 Å². The van der Waals surface area contributed by atoms with E-state index in [-0.39, 0.29) is 5.91 Å². The lowest BCUT2D eigenvalue weighted by Crippen LogP contribution is -2.21. The van der Waals surface area contributed by atoms with Crippen molar-refractivity contribution in [1.82, 2.24) is 4.90 Å². The molecule has 0 aliphatic rings. The zero-order valence-electron chi connectivity index (χ0n) is 11.9. The fourth-order valence-corrected chi connectivity index (χ4v) is 2.41. The van der Waals surface area contributed by atoms with Gasteiger partial charge in [0, 0.05) is 47.5 Å². The Bertz CT molecular complexity index is 619. The molecule has 0 aromatic heterocycles. The predicted octanol–water partition coefficient (Wildman–Crippen LogP) is 4.31. The molecule has 2 aromatic carbocycles. The van der Waals surface area contributed by atoms with Crippen molar-refractivity contribution < 1.29 is 4.79 Å². The van der Waals surface area contributed by atoms with Crippen LogP contribution in [0.2, 0.25) is 10.0 Å². The summed E-state index contributed by atoms with van der Waals surface area (Å²) in [6, 6.07) is 12.7. The molecule has 0 bridgehead atoms. The van der Waals surface area contributed by atoms with Crippen LogP contribution in [-0.4, -0.2) is 24.9 Å². The Kier molecular flexibility index (Phi) is 5.10. The molecule has 0 fully saturated rings. The van der Waals surface area contributed by atoms with E-state index in [0.717, 1.165) is 11.3 Å². The number of carbonyl (C=O) groups excluding carboxylic acids is 1. The highest BCUT2D eigenvalue weighted by atomic mass is 35.5. The van der Waals surface area contributed by atoms with Crippen molar-refractivity contribution in [2.45, 2.75) is 6.54 Å². The number of hydrogen-bond acceptors (Lipinski definition) is 2. The monoisotopic (exact) mass is 322 g/mol. The van der Waals surface area contributed by atoms with E-state index in [1.165, 1.54) is 0 Å². The van der Waals surface area contributed by atoms with Gasteiger partial charge in [0.05, 0.1) is 0 Å². The molecule has 1 amide bonds. The van der Waals surface area contributed by atoms with Gasteiger partial charge in [0.25, 0.3) is 5.91 Å². The Hall–Kier alpha value is -1.71. The third-order valence-corrected chi connectivity index (χ3v) is 3.78. The highest BCUT2D eigenvalue weighted by molar-refractivity contribution is 6.36. The SMILES string of the molecule is CN(C)C(=O)c1ccc(NCc2c(Cl)cccc2Cl)cc1. The molecule has 0 aliphatic carbocycles. The van der Waals surface area contributed by atoms with Crippen LogP contribution >= 0.6 is 23.2 Å². The van der Waals surface area contributed by atoms with Gasteiger partial charge < -0.3 is 10.2 Å². The summed E-state index contributed by atoms with van der Waals surface area (Å²) in [7, 11) is 3.46. The highest BCUT2D eigenvalue weighted by Crippen LogP contribution is 2.25. The maximum atomic E-state index is 11.8. The van der Waals surface area contributed by atoms with Crippen LogP contribution in [0.5, 0.6) is 0 Å². The minimum Gasteiger partial charge on any atom is -0.381 e. The average molecular weight is 323 g/mol. The van der Waals surface area contributed by atoms with Crippen molar-refractivity contribution in [2.24, 2.45) is 0 Å². The number of benzene rings is 2. The summed E-state index contributed by atoms with van der Waals surface area (Å²) in [5.74, 6) is -0.0179. The van der Waals surface area contributed by atoms with Gasteiger partial charge in [-0.25, -0.2) is 0 Å². The molecule has 1 N–H and O–H groups in total. The van der Waals surface area contributed by atoms with Crippen LogP contribution in [-0.2, 0) is 6.54 Å². The third kappa shape index (κ3) is 3.90. The first-order valence-corrected chi connectivity index (χ1v) is 7.23. The van der Waals surface area contributed by atoms with Crippen molar-refractivity contribution >= 4 is 34.8 Å². The molecule has 2 aromatic rings.